The third-order valence-corrected chi connectivity index (χ3v) is 6.94. The van der Waals surface area contributed by atoms with Gasteiger partial charge in [-0.1, -0.05) is 54.6 Å². The van der Waals surface area contributed by atoms with Crippen molar-refractivity contribution in [2.45, 2.75) is 24.9 Å². The molecule has 6 heteroatoms. The van der Waals surface area contributed by atoms with E-state index in [2.05, 4.69) is 0 Å². The summed E-state index contributed by atoms with van der Waals surface area (Å²) >= 11 is 0. The fraction of sp³-hybridized carbons (Fsp3) is 0.286. The molecular weight excluding hydrogens is 432 g/mol. The number of benzene rings is 2. The number of methoxy groups -OCH3 is 3. The van der Waals surface area contributed by atoms with Gasteiger partial charge in [-0.25, -0.2) is 9.59 Å². The van der Waals surface area contributed by atoms with Crippen molar-refractivity contribution in [2.24, 2.45) is 5.92 Å². The van der Waals surface area contributed by atoms with Crippen molar-refractivity contribution in [3.05, 3.63) is 99.8 Å². The fourth-order valence-corrected chi connectivity index (χ4v) is 5.54. The molecule has 2 aliphatic heterocycles. The molecule has 6 nitrogen and oxygen atoms in total. The van der Waals surface area contributed by atoms with Crippen LogP contribution in [-0.2, 0) is 34.1 Å². The molecule has 2 aromatic carbocycles. The van der Waals surface area contributed by atoms with Crippen LogP contribution in [0.3, 0.4) is 0 Å². The SMILES string of the molecule is COC(=O)/C1=C(\C(=O)OC)[C@@]2(c3ccccc3)O/C(=C\C(OC)=C3\CCC[C@H]13)c1ccccc12. The average Bonchev–Trinajstić information content (AvgIpc) is 3.49. The maximum Gasteiger partial charge on any atom is 0.339 e. The summed E-state index contributed by atoms with van der Waals surface area (Å²) < 4.78 is 23.2. The smallest absolute Gasteiger partial charge is 0.339 e. The molecule has 2 heterocycles. The van der Waals surface area contributed by atoms with Gasteiger partial charge in [0, 0.05) is 28.7 Å². The second-order valence-corrected chi connectivity index (χ2v) is 8.51. The van der Waals surface area contributed by atoms with E-state index in [1.54, 1.807) is 7.11 Å². The molecule has 5 rings (SSSR count). The summed E-state index contributed by atoms with van der Waals surface area (Å²) in [6.07, 6.45) is 4.17. The van der Waals surface area contributed by atoms with Crippen molar-refractivity contribution >= 4 is 17.7 Å². The van der Waals surface area contributed by atoms with Crippen molar-refractivity contribution in [3.8, 4) is 0 Å². The fourth-order valence-electron chi connectivity index (χ4n) is 5.54. The van der Waals surface area contributed by atoms with Gasteiger partial charge in [-0.2, -0.15) is 0 Å². The van der Waals surface area contributed by atoms with E-state index in [9.17, 15) is 9.59 Å². The Hall–Kier alpha value is -3.80. The van der Waals surface area contributed by atoms with Gasteiger partial charge in [-0.3, -0.25) is 0 Å². The van der Waals surface area contributed by atoms with E-state index in [0.717, 1.165) is 29.5 Å². The van der Waals surface area contributed by atoms with Crippen LogP contribution < -0.4 is 0 Å². The zero-order valence-corrected chi connectivity index (χ0v) is 19.4. The summed E-state index contributed by atoms with van der Waals surface area (Å²) in [5, 5.41) is 0. The summed E-state index contributed by atoms with van der Waals surface area (Å²) in [7, 11) is 4.26. The monoisotopic (exact) mass is 458 g/mol. The number of allylic oxidation sites excluding steroid dienone is 2. The second kappa shape index (κ2) is 8.52. The summed E-state index contributed by atoms with van der Waals surface area (Å²) in [6.45, 7) is 0. The Labute approximate surface area is 198 Å². The van der Waals surface area contributed by atoms with Gasteiger partial charge in [0.2, 0.25) is 0 Å². The maximum atomic E-state index is 13.7. The first-order valence-corrected chi connectivity index (χ1v) is 11.3. The van der Waals surface area contributed by atoms with Crippen LogP contribution in [-0.4, -0.2) is 33.3 Å². The number of fused-ring (bicyclic) bond motifs is 6. The summed E-state index contributed by atoms with van der Waals surface area (Å²) in [4.78, 5) is 27.1. The number of hydrogen-bond donors (Lipinski definition) is 0. The van der Waals surface area contributed by atoms with Gasteiger partial charge in [-0.05, 0) is 24.8 Å². The Balaban J connectivity index is 2.00. The number of hydrogen-bond acceptors (Lipinski definition) is 6. The highest BCUT2D eigenvalue weighted by Gasteiger charge is 2.55. The zero-order valence-electron chi connectivity index (χ0n) is 19.4. The minimum absolute atomic E-state index is 0.144. The van der Waals surface area contributed by atoms with Crippen LogP contribution in [0.2, 0.25) is 0 Å². The van der Waals surface area contributed by atoms with Gasteiger partial charge in [0.1, 0.15) is 17.1 Å². The predicted molar refractivity (Wildman–Crippen MR) is 125 cm³/mol. The van der Waals surface area contributed by atoms with Crippen LogP contribution >= 0.6 is 0 Å². The molecule has 1 aliphatic carbocycles. The first-order chi connectivity index (χ1) is 16.6. The van der Waals surface area contributed by atoms with E-state index in [0.29, 0.717) is 23.5 Å². The number of carbonyl (C=O) groups is 2. The predicted octanol–water partition coefficient (Wildman–Crippen LogP) is 4.66. The standard InChI is InChI=1S/C28H26O6/c1-31-22-16-23-20-12-7-8-15-21(20)28(34-23,17-10-5-4-6-11-17)25(27(30)33-3)24(26(29)32-2)19-14-9-13-18(19)22/h4-8,10-12,15-16,19H,9,13-14H2,1-3H3/b22-18+,23-16-,25-24+/t19-,28-/m0/s1. The minimum atomic E-state index is -1.39. The molecule has 174 valence electrons. The van der Waals surface area contributed by atoms with Gasteiger partial charge >= 0.3 is 11.9 Å². The quantitative estimate of drug-likeness (QED) is 0.621. The van der Waals surface area contributed by atoms with Crippen molar-refractivity contribution in [2.75, 3.05) is 21.3 Å². The lowest BCUT2D eigenvalue weighted by molar-refractivity contribution is -0.141. The summed E-state index contributed by atoms with van der Waals surface area (Å²) in [5.41, 5.74) is 2.26. The molecule has 0 spiro atoms. The molecule has 1 saturated carbocycles. The molecule has 1 fully saturated rings. The highest BCUT2D eigenvalue weighted by atomic mass is 16.5. The number of rotatable bonds is 4. The van der Waals surface area contributed by atoms with E-state index in [1.807, 2.05) is 60.7 Å². The minimum Gasteiger partial charge on any atom is -0.497 e. The van der Waals surface area contributed by atoms with Crippen molar-refractivity contribution in [1.82, 2.24) is 0 Å². The highest BCUT2D eigenvalue weighted by Crippen LogP contribution is 2.56. The lowest BCUT2D eigenvalue weighted by Gasteiger charge is -2.34. The second-order valence-electron chi connectivity index (χ2n) is 8.51. The molecule has 0 saturated heterocycles. The van der Waals surface area contributed by atoms with Crippen LogP contribution in [0.4, 0.5) is 0 Å². The van der Waals surface area contributed by atoms with Crippen molar-refractivity contribution < 1.29 is 28.5 Å². The third kappa shape index (κ3) is 3.09. The van der Waals surface area contributed by atoms with E-state index in [4.69, 9.17) is 18.9 Å². The first-order valence-electron chi connectivity index (χ1n) is 11.3. The van der Waals surface area contributed by atoms with Gasteiger partial charge in [-0.15, -0.1) is 0 Å². The van der Waals surface area contributed by atoms with Gasteiger partial charge < -0.3 is 18.9 Å². The Bertz CT molecular complexity index is 1250. The molecule has 2 bridgehead atoms. The largest absolute Gasteiger partial charge is 0.497 e. The number of esters is 2. The Morgan fingerprint density at radius 2 is 1.65 bits per heavy atom. The topological polar surface area (TPSA) is 71.1 Å². The van der Waals surface area contributed by atoms with Gasteiger partial charge in [0.25, 0.3) is 0 Å². The van der Waals surface area contributed by atoms with E-state index in [1.165, 1.54) is 14.2 Å². The Kier molecular flexibility index (Phi) is 5.52. The van der Waals surface area contributed by atoms with E-state index >= 15 is 0 Å². The molecule has 2 aromatic rings. The van der Waals surface area contributed by atoms with Crippen molar-refractivity contribution in [1.29, 1.82) is 0 Å². The molecule has 0 unspecified atom stereocenters. The molecule has 0 radical (unpaired) electrons. The zero-order chi connectivity index (χ0) is 23.9. The number of ether oxygens (including phenoxy) is 4. The van der Waals surface area contributed by atoms with Crippen LogP contribution in [0.25, 0.3) is 5.76 Å². The summed E-state index contributed by atoms with van der Waals surface area (Å²) in [6, 6.07) is 17.2. The highest BCUT2D eigenvalue weighted by molar-refractivity contribution is 6.04. The van der Waals surface area contributed by atoms with Crippen LogP contribution in [0.1, 0.15) is 36.0 Å². The first kappa shape index (κ1) is 22.0. The van der Waals surface area contributed by atoms with Crippen molar-refractivity contribution in [3.63, 3.8) is 0 Å². The lowest BCUT2D eigenvalue weighted by atomic mass is 9.74. The Morgan fingerprint density at radius 3 is 2.35 bits per heavy atom. The molecular formula is C28H26O6. The molecule has 0 amide bonds. The third-order valence-electron chi connectivity index (χ3n) is 6.94. The lowest BCUT2D eigenvalue weighted by Crippen LogP contribution is -2.37. The Morgan fingerprint density at radius 1 is 0.941 bits per heavy atom. The van der Waals surface area contributed by atoms with Crippen LogP contribution in [0.15, 0.2) is 83.2 Å². The number of carbonyl (C=O) groups excluding carboxylic acids is 2. The van der Waals surface area contributed by atoms with E-state index < -0.39 is 17.5 Å². The molecule has 34 heavy (non-hydrogen) atoms. The normalized spacial score (nSPS) is 28.8. The molecule has 0 aromatic heterocycles. The van der Waals surface area contributed by atoms with E-state index in [-0.39, 0.29) is 17.1 Å². The summed E-state index contributed by atoms with van der Waals surface area (Å²) in [5.74, 6) is -0.353. The van der Waals surface area contributed by atoms with Crippen LogP contribution in [0, 0.1) is 5.92 Å². The van der Waals surface area contributed by atoms with Gasteiger partial charge in [0.15, 0.2) is 5.60 Å². The molecule has 2 atom stereocenters. The average molecular weight is 459 g/mol. The maximum absolute atomic E-state index is 13.7. The molecule has 0 N–H and O–H groups in total. The molecule has 3 aliphatic rings. The van der Waals surface area contributed by atoms with Crippen LogP contribution in [0.5, 0.6) is 0 Å². The van der Waals surface area contributed by atoms with Gasteiger partial charge in [0.05, 0.1) is 26.9 Å².